The number of rotatable bonds is 0. The van der Waals surface area contributed by atoms with Crippen LogP contribution in [0.2, 0.25) is 0 Å². The number of aliphatic carboxylic acids is 1. The third-order valence-electron chi connectivity index (χ3n) is 1.65. The van der Waals surface area contributed by atoms with Gasteiger partial charge in [-0.3, -0.25) is 10.2 Å². The van der Waals surface area contributed by atoms with E-state index < -0.39 is 5.97 Å². The SMILES string of the molecule is CC(=O)O.N=C(N)N.NC1CCCCC1. The van der Waals surface area contributed by atoms with E-state index in [0.717, 1.165) is 6.92 Å². The number of nitrogens with two attached hydrogens (primary N) is 3. The highest BCUT2D eigenvalue weighted by Gasteiger charge is 2.06. The summed E-state index contributed by atoms with van der Waals surface area (Å²) in [6.07, 6.45) is 6.66. The van der Waals surface area contributed by atoms with Gasteiger partial charge < -0.3 is 22.3 Å². The molecular formula is C9H22N4O2. The van der Waals surface area contributed by atoms with Gasteiger partial charge in [0.2, 0.25) is 0 Å². The van der Waals surface area contributed by atoms with E-state index in [9.17, 15) is 0 Å². The molecule has 0 amide bonds. The van der Waals surface area contributed by atoms with Crippen molar-refractivity contribution in [2.75, 3.05) is 0 Å². The van der Waals surface area contributed by atoms with Gasteiger partial charge >= 0.3 is 0 Å². The first kappa shape index (κ1) is 16.1. The number of hydrogen-bond acceptors (Lipinski definition) is 3. The summed E-state index contributed by atoms with van der Waals surface area (Å²) in [6.45, 7) is 1.08. The van der Waals surface area contributed by atoms with Gasteiger partial charge in [0.15, 0.2) is 5.96 Å². The number of carboxylic acids is 1. The minimum absolute atomic E-state index is 0.333. The van der Waals surface area contributed by atoms with Gasteiger partial charge in [0.05, 0.1) is 0 Å². The Bertz CT molecular complexity index is 159. The molecule has 0 unspecified atom stereocenters. The molecule has 0 saturated heterocycles. The fourth-order valence-corrected chi connectivity index (χ4v) is 1.13. The highest BCUT2D eigenvalue weighted by Crippen LogP contribution is 2.14. The molecule has 6 nitrogen and oxygen atoms in total. The van der Waals surface area contributed by atoms with Gasteiger partial charge in [-0.1, -0.05) is 19.3 Å². The number of hydrogen-bond donors (Lipinski definition) is 5. The van der Waals surface area contributed by atoms with Crippen molar-refractivity contribution in [3.8, 4) is 0 Å². The molecule has 1 fully saturated rings. The van der Waals surface area contributed by atoms with Crippen molar-refractivity contribution >= 4 is 11.9 Å². The highest BCUT2D eigenvalue weighted by molar-refractivity contribution is 5.71. The molecule has 0 heterocycles. The molecule has 6 heteroatoms. The molecule has 90 valence electrons. The number of guanidine groups is 1. The summed E-state index contributed by atoms with van der Waals surface area (Å²) in [5.41, 5.74) is 14.6. The molecule has 1 rings (SSSR count). The van der Waals surface area contributed by atoms with E-state index in [2.05, 4.69) is 11.5 Å². The molecule has 15 heavy (non-hydrogen) atoms. The zero-order valence-corrected chi connectivity index (χ0v) is 9.20. The van der Waals surface area contributed by atoms with Crippen LogP contribution in [0.3, 0.4) is 0 Å². The Morgan fingerprint density at radius 1 is 1.27 bits per heavy atom. The first-order valence-corrected chi connectivity index (χ1v) is 4.90. The summed E-state index contributed by atoms with van der Waals surface area (Å²) in [5.74, 6) is -1.17. The lowest BCUT2D eigenvalue weighted by atomic mass is 9.97. The molecule has 0 bridgehead atoms. The second-order valence-electron chi connectivity index (χ2n) is 3.37. The molecule has 0 aromatic heterocycles. The Balaban J connectivity index is 0. The van der Waals surface area contributed by atoms with Crippen LogP contribution in [0.1, 0.15) is 39.0 Å². The molecular weight excluding hydrogens is 196 g/mol. The Morgan fingerprint density at radius 3 is 1.67 bits per heavy atom. The second-order valence-corrected chi connectivity index (χ2v) is 3.37. The van der Waals surface area contributed by atoms with Crippen LogP contribution in [0.4, 0.5) is 0 Å². The Hall–Kier alpha value is -1.30. The quantitative estimate of drug-likeness (QED) is 0.292. The third-order valence-corrected chi connectivity index (χ3v) is 1.65. The van der Waals surface area contributed by atoms with Gasteiger partial charge in [0.1, 0.15) is 0 Å². The summed E-state index contributed by atoms with van der Waals surface area (Å²) in [7, 11) is 0. The van der Waals surface area contributed by atoms with E-state index in [-0.39, 0.29) is 5.96 Å². The summed E-state index contributed by atoms with van der Waals surface area (Å²) in [6, 6.07) is 0.536. The molecule has 0 aromatic rings. The van der Waals surface area contributed by atoms with Crippen molar-refractivity contribution in [1.29, 1.82) is 5.41 Å². The predicted molar refractivity (Wildman–Crippen MR) is 60.5 cm³/mol. The lowest BCUT2D eigenvalue weighted by Gasteiger charge is -2.15. The van der Waals surface area contributed by atoms with Gasteiger partial charge in [-0.05, 0) is 12.8 Å². The lowest BCUT2D eigenvalue weighted by molar-refractivity contribution is -0.134. The zero-order chi connectivity index (χ0) is 12.3. The van der Waals surface area contributed by atoms with E-state index in [1.807, 2.05) is 0 Å². The van der Waals surface area contributed by atoms with Gasteiger partial charge in [-0.25, -0.2) is 0 Å². The smallest absolute Gasteiger partial charge is 0.300 e. The van der Waals surface area contributed by atoms with E-state index in [1.165, 1.54) is 32.1 Å². The molecule has 0 spiro atoms. The molecule has 1 aliphatic carbocycles. The maximum Gasteiger partial charge on any atom is 0.300 e. The average molecular weight is 218 g/mol. The number of carbonyl (C=O) groups is 1. The van der Waals surface area contributed by atoms with Gasteiger partial charge in [0, 0.05) is 13.0 Å². The maximum atomic E-state index is 9.00. The van der Waals surface area contributed by atoms with Crippen LogP contribution in [-0.2, 0) is 4.79 Å². The molecule has 1 aliphatic rings. The normalized spacial score (nSPS) is 15.1. The molecule has 0 aliphatic heterocycles. The van der Waals surface area contributed by atoms with Crippen molar-refractivity contribution in [2.45, 2.75) is 45.1 Å². The summed E-state index contributed by atoms with van der Waals surface area (Å²) in [4.78, 5) is 9.00. The summed E-state index contributed by atoms with van der Waals surface area (Å²) in [5, 5.41) is 13.5. The van der Waals surface area contributed by atoms with Gasteiger partial charge in [0.25, 0.3) is 5.97 Å². The number of carboxylic acid groups (broad SMARTS) is 1. The first-order valence-electron chi connectivity index (χ1n) is 4.90. The lowest BCUT2D eigenvalue weighted by Crippen LogP contribution is -2.22. The van der Waals surface area contributed by atoms with Crippen LogP contribution in [0.15, 0.2) is 0 Å². The van der Waals surface area contributed by atoms with Crippen LogP contribution in [0.25, 0.3) is 0 Å². The van der Waals surface area contributed by atoms with E-state index >= 15 is 0 Å². The standard InChI is InChI=1S/C6H13N.C2H4O2.CH5N3/c7-6-4-2-1-3-5-6;1-2(3)4;2-1(3)4/h6H,1-5,7H2;1H3,(H,3,4);(H5,2,3,4). The van der Waals surface area contributed by atoms with Crippen molar-refractivity contribution in [1.82, 2.24) is 0 Å². The topological polar surface area (TPSA) is 139 Å². The highest BCUT2D eigenvalue weighted by atomic mass is 16.4. The van der Waals surface area contributed by atoms with Gasteiger partial charge in [-0.2, -0.15) is 0 Å². The summed E-state index contributed by atoms with van der Waals surface area (Å²) >= 11 is 0. The fraction of sp³-hybridized carbons (Fsp3) is 0.778. The molecule has 0 radical (unpaired) electrons. The maximum absolute atomic E-state index is 9.00. The van der Waals surface area contributed by atoms with Crippen molar-refractivity contribution < 1.29 is 9.90 Å². The average Bonchev–Trinajstić information content (AvgIpc) is 2.03. The van der Waals surface area contributed by atoms with Crippen LogP contribution in [0.5, 0.6) is 0 Å². The minimum atomic E-state index is -0.833. The van der Waals surface area contributed by atoms with Crippen LogP contribution < -0.4 is 17.2 Å². The van der Waals surface area contributed by atoms with Crippen LogP contribution >= 0.6 is 0 Å². The largest absolute Gasteiger partial charge is 0.481 e. The van der Waals surface area contributed by atoms with E-state index in [1.54, 1.807) is 0 Å². The van der Waals surface area contributed by atoms with Crippen LogP contribution in [0, 0.1) is 5.41 Å². The molecule has 1 saturated carbocycles. The van der Waals surface area contributed by atoms with Crippen molar-refractivity contribution in [3.05, 3.63) is 0 Å². The van der Waals surface area contributed by atoms with Crippen molar-refractivity contribution in [2.24, 2.45) is 17.2 Å². The first-order chi connectivity index (χ1) is 6.86. The van der Waals surface area contributed by atoms with Gasteiger partial charge in [-0.15, -0.1) is 0 Å². The predicted octanol–water partition coefficient (Wildman–Crippen LogP) is 0.207. The molecule has 0 aromatic carbocycles. The molecule has 8 N–H and O–H groups in total. The van der Waals surface area contributed by atoms with Crippen LogP contribution in [-0.4, -0.2) is 23.1 Å². The zero-order valence-electron chi connectivity index (χ0n) is 9.20. The Kier molecular flexibility index (Phi) is 11.6. The Labute approximate surface area is 90.3 Å². The third kappa shape index (κ3) is 32.4. The fourth-order valence-electron chi connectivity index (χ4n) is 1.13. The minimum Gasteiger partial charge on any atom is -0.481 e. The van der Waals surface area contributed by atoms with E-state index in [0.29, 0.717) is 6.04 Å². The monoisotopic (exact) mass is 218 g/mol. The molecule has 0 atom stereocenters. The van der Waals surface area contributed by atoms with Crippen molar-refractivity contribution in [3.63, 3.8) is 0 Å². The second kappa shape index (κ2) is 10.8. The van der Waals surface area contributed by atoms with E-state index in [4.69, 9.17) is 21.0 Å². The summed E-state index contributed by atoms with van der Waals surface area (Å²) < 4.78 is 0. The Morgan fingerprint density at radius 2 is 1.53 bits per heavy atom. The number of nitrogens with one attached hydrogen (secondary N) is 1.